The van der Waals surface area contributed by atoms with Gasteiger partial charge in [-0.25, -0.2) is 0 Å². The summed E-state index contributed by atoms with van der Waals surface area (Å²) >= 11 is 0. The van der Waals surface area contributed by atoms with Crippen LogP contribution in [0.15, 0.2) is 24.3 Å². The molecule has 1 aromatic rings. The van der Waals surface area contributed by atoms with Gasteiger partial charge in [-0.2, -0.15) is 0 Å². The highest BCUT2D eigenvalue weighted by Gasteiger charge is 1.94. The zero-order chi connectivity index (χ0) is 11.3. The van der Waals surface area contributed by atoms with Crippen LogP contribution in [-0.2, 0) is 4.79 Å². The summed E-state index contributed by atoms with van der Waals surface area (Å²) in [5, 5.41) is 11.9. The van der Waals surface area contributed by atoms with Crippen molar-refractivity contribution in [3.8, 4) is 5.75 Å². The lowest BCUT2D eigenvalue weighted by Gasteiger charge is -2.01. The Morgan fingerprint density at radius 1 is 1.53 bits per heavy atom. The van der Waals surface area contributed by atoms with Gasteiger partial charge in [-0.3, -0.25) is 4.79 Å². The van der Waals surface area contributed by atoms with Gasteiger partial charge in [0.25, 0.3) is 0 Å². The van der Waals surface area contributed by atoms with E-state index in [-0.39, 0.29) is 11.7 Å². The first-order valence-electron chi connectivity index (χ1n) is 4.80. The summed E-state index contributed by atoms with van der Waals surface area (Å²) < 4.78 is 0. The molecule has 0 heterocycles. The van der Waals surface area contributed by atoms with Gasteiger partial charge >= 0.3 is 0 Å². The van der Waals surface area contributed by atoms with Crippen LogP contribution in [0.25, 0.3) is 6.08 Å². The first kappa shape index (κ1) is 11.3. The van der Waals surface area contributed by atoms with E-state index in [2.05, 4.69) is 5.32 Å². The number of nitrogens with one attached hydrogen (secondary N) is 1. The van der Waals surface area contributed by atoms with E-state index in [1.165, 1.54) is 6.92 Å². The maximum Gasteiger partial charge on any atom is 0.217 e. The number of carbonyl (C=O) groups is 1. The van der Waals surface area contributed by atoms with Gasteiger partial charge in [-0.05, 0) is 30.2 Å². The topological polar surface area (TPSA) is 49.3 Å². The molecule has 1 aromatic carbocycles. The quantitative estimate of drug-likeness (QED) is 0.791. The molecule has 0 saturated carbocycles. The molecule has 1 amide bonds. The van der Waals surface area contributed by atoms with E-state index in [0.29, 0.717) is 6.54 Å². The lowest BCUT2D eigenvalue weighted by Crippen LogP contribution is -2.19. The summed E-state index contributed by atoms with van der Waals surface area (Å²) in [5.74, 6) is 0.230. The van der Waals surface area contributed by atoms with E-state index in [1.54, 1.807) is 12.1 Å². The maximum absolute atomic E-state index is 10.6. The van der Waals surface area contributed by atoms with Crippen molar-refractivity contribution < 1.29 is 9.90 Å². The number of aryl methyl sites for hydroxylation is 1. The Hall–Kier alpha value is -1.77. The monoisotopic (exact) mass is 205 g/mol. The Kier molecular flexibility index (Phi) is 3.92. The van der Waals surface area contributed by atoms with E-state index in [0.717, 1.165) is 11.1 Å². The smallest absolute Gasteiger partial charge is 0.217 e. The van der Waals surface area contributed by atoms with Crippen molar-refractivity contribution in [1.29, 1.82) is 0 Å². The number of hydrogen-bond acceptors (Lipinski definition) is 2. The molecule has 0 aliphatic heterocycles. The first-order chi connectivity index (χ1) is 7.09. The molecule has 2 N–H and O–H groups in total. The Bertz CT molecular complexity index is 383. The van der Waals surface area contributed by atoms with Gasteiger partial charge in [0.2, 0.25) is 5.91 Å². The predicted octanol–water partition coefficient (Wildman–Crippen LogP) is 1.85. The van der Waals surface area contributed by atoms with Gasteiger partial charge in [0.1, 0.15) is 5.75 Å². The maximum atomic E-state index is 10.6. The average Bonchev–Trinajstić information content (AvgIpc) is 2.14. The number of benzene rings is 1. The lowest BCUT2D eigenvalue weighted by molar-refractivity contribution is -0.118. The van der Waals surface area contributed by atoms with Crippen molar-refractivity contribution in [3.63, 3.8) is 0 Å². The minimum absolute atomic E-state index is 0.0397. The number of rotatable bonds is 3. The molecule has 0 atom stereocenters. The standard InChI is InChI=1S/C12H15NO2/c1-9-8-12(15)6-5-11(9)4-3-7-13-10(2)14/h3-6,8,15H,7H2,1-2H3,(H,13,14). The van der Waals surface area contributed by atoms with Crippen molar-refractivity contribution >= 4 is 12.0 Å². The molecule has 0 spiro atoms. The second kappa shape index (κ2) is 5.20. The van der Waals surface area contributed by atoms with E-state index in [4.69, 9.17) is 0 Å². The lowest BCUT2D eigenvalue weighted by atomic mass is 10.1. The van der Waals surface area contributed by atoms with Gasteiger partial charge in [-0.15, -0.1) is 0 Å². The molecule has 15 heavy (non-hydrogen) atoms. The number of hydrogen-bond donors (Lipinski definition) is 2. The Labute approximate surface area is 89.4 Å². The molecule has 0 fully saturated rings. The molecule has 80 valence electrons. The van der Waals surface area contributed by atoms with Gasteiger partial charge < -0.3 is 10.4 Å². The van der Waals surface area contributed by atoms with Crippen molar-refractivity contribution in [2.75, 3.05) is 6.54 Å². The summed E-state index contributed by atoms with van der Waals surface area (Å²) in [5.41, 5.74) is 2.05. The third-order valence-corrected chi connectivity index (χ3v) is 2.02. The molecule has 1 rings (SSSR count). The van der Waals surface area contributed by atoms with E-state index >= 15 is 0 Å². The molecule has 0 aromatic heterocycles. The van der Waals surface area contributed by atoms with E-state index < -0.39 is 0 Å². The highest BCUT2D eigenvalue weighted by atomic mass is 16.3. The fraction of sp³-hybridized carbons (Fsp3) is 0.250. The third kappa shape index (κ3) is 3.85. The van der Waals surface area contributed by atoms with Crippen molar-refractivity contribution in [2.24, 2.45) is 0 Å². The minimum atomic E-state index is -0.0397. The fourth-order valence-electron chi connectivity index (χ4n) is 1.24. The normalized spacial score (nSPS) is 10.5. The Balaban J connectivity index is 2.60. The minimum Gasteiger partial charge on any atom is -0.508 e. The first-order valence-corrected chi connectivity index (χ1v) is 4.80. The van der Waals surface area contributed by atoms with E-state index in [9.17, 15) is 9.90 Å². The van der Waals surface area contributed by atoms with Crippen LogP contribution in [0, 0.1) is 6.92 Å². The fourth-order valence-corrected chi connectivity index (χ4v) is 1.24. The van der Waals surface area contributed by atoms with Gasteiger partial charge in [-0.1, -0.05) is 18.2 Å². The number of carbonyl (C=O) groups excluding carboxylic acids is 1. The summed E-state index contributed by atoms with van der Waals surface area (Å²) in [6, 6.07) is 5.19. The van der Waals surface area contributed by atoms with Crippen LogP contribution in [0.4, 0.5) is 0 Å². The highest BCUT2D eigenvalue weighted by molar-refractivity contribution is 5.73. The van der Waals surface area contributed by atoms with Gasteiger partial charge in [0, 0.05) is 13.5 Å². The zero-order valence-electron chi connectivity index (χ0n) is 8.95. The third-order valence-electron chi connectivity index (χ3n) is 2.02. The number of phenolic OH excluding ortho intramolecular Hbond substituents is 1. The van der Waals surface area contributed by atoms with Gasteiger partial charge in [0.05, 0.1) is 0 Å². The molecule has 0 unspecified atom stereocenters. The van der Waals surface area contributed by atoms with Crippen LogP contribution in [0.5, 0.6) is 5.75 Å². The zero-order valence-corrected chi connectivity index (χ0v) is 8.95. The molecule has 0 aliphatic rings. The number of aromatic hydroxyl groups is 1. The summed E-state index contributed by atoms with van der Waals surface area (Å²) in [6.07, 6.45) is 3.80. The van der Waals surface area contributed by atoms with E-state index in [1.807, 2.05) is 25.1 Å². The van der Waals surface area contributed by atoms with Crippen molar-refractivity contribution in [1.82, 2.24) is 5.32 Å². The summed E-state index contributed by atoms with van der Waals surface area (Å²) in [4.78, 5) is 10.6. The molecular weight excluding hydrogens is 190 g/mol. The van der Waals surface area contributed by atoms with Crippen molar-refractivity contribution in [3.05, 3.63) is 35.4 Å². The molecule has 3 heteroatoms. The van der Waals surface area contributed by atoms with Crippen LogP contribution in [-0.4, -0.2) is 17.6 Å². The number of amides is 1. The molecule has 0 saturated heterocycles. The van der Waals surface area contributed by atoms with Crippen LogP contribution >= 0.6 is 0 Å². The van der Waals surface area contributed by atoms with Crippen LogP contribution < -0.4 is 5.32 Å². The summed E-state index contributed by atoms with van der Waals surface area (Å²) in [6.45, 7) is 3.94. The van der Waals surface area contributed by atoms with Gasteiger partial charge in [0.15, 0.2) is 0 Å². The summed E-state index contributed by atoms with van der Waals surface area (Å²) in [7, 11) is 0. The van der Waals surface area contributed by atoms with Crippen molar-refractivity contribution in [2.45, 2.75) is 13.8 Å². The van der Waals surface area contributed by atoms with Crippen LogP contribution in [0.1, 0.15) is 18.1 Å². The molecule has 0 bridgehead atoms. The predicted molar refractivity (Wildman–Crippen MR) is 60.6 cm³/mol. The average molecular weight is 205 g/mol. The molecule has 3 nitrogen and oxygen atoms in total. The second-order valence-corrected chi connectivity index (χ2v) is 3.38. The SMILES string of the molecule is CC(=O)NCC=Cc1ccc(O)cc1C. The second-order valence-electron chi connectivity index (χ2n) is 3.38. The number of phenols is 1. The largest absolute Gasteiger partial charge is 0.508 e. The molecule has 0 aliphatic carbocycles. The van der Waals surface area contributed by atoms with Crippen LogP contribution in [0.3, 0.4) is 0 Å². The molecule has 0 radical (unpaired) electrons. The van der Waals surface area contributed by atoms with Crippen LogP contribution in [0.2, 0.25) is 0 Å². The molecular formula is C12H15NO2. The Morgan fingerprint density at radius 2 is 2.27 bits per heavy atom. The highest BCUT2D eigenvalue weighted by Crippen LogP contribution is 2.16. The Morgan fingerprint density at radius 3 is 2.87 bits per heavy atom.